The lowest BCUT2D eigenvalue weighted by Crippen LogP contribution is -2.03. The molecule has 0 atom stereocenters. The molecule has 0 bridgehead atoms. The molecule has 4 heteroatoms. The van der Waals surface area contributed by atoms with Crippen molar-refractivity contribution in [3.8, 4) is 0 Å². The van der Waals surface area contributed by atoms with Crippen molar-refractivity contribution in [2.24, 2.45) is 0 Å². The summed E-state index contributed by atoms with van der Waals surface area (Å²) >= 11 is 8.84. The molecule has 0 unspecified atom stereocenters. The van der Waals surface area contributed by atoms with Gasteiger partial charge in [-0.2, -0.15) is 0 Å². The molecule has 18 heavy (non-hydrogen) atoms. The van der Waals surface area contributed by atoms with Crippen molar-refractivity contribution >= 4 is 33.3 Å². The third-order valence-electron chi connectivity index (χ3n) is 2.52. The lowest BCUT2D eigenvalue weighted by molar-refractivity contribution is 0.0993. The first kappa shape index (κ1) is 13.2. The van der Waals surface area contributed by atoms with Crippen molar-refractivity contribution in [1.82, 2.24) is 0 Å². The van der Waals surface area contributed by atoms with Crippen LogP contribution in [0.1, 0.15) is 15.9 Å². The van der Waals surface area contributed by atoms with Gasteiger partial charge in [0.1, 0.15) is 5.82 Å². The van der Waals surface area contributed by atoms with Gasteiger partial charge < -0.3 is 0 Å². The van der Waals surface area contributed by atoms with Gasteiger partial charge in [-0.25, -0.2) is 4.39 Å². The van der Waals surface area contributed by atoms with E-state index in [1.54, 1.807) is 24.3 Å². The van der Waals surface area contributed by atoms with Gasteiger partial charge >= 0.3 is 0 Å². The van der Waals surface area contributed by atoms with Crippen LogP contribution < -0.4 is 0 Å². The van der Waals surface area contributed by atoms with Crippen molar-refractivity contribution in [2.75, 3.05) is 0 Å². The molecular formula is C14H9BrClFO. The lowest BCUT2D eigenvalue weighted by atomic mass is 10.0. The van der Waals surface area contributed by atoms with Crippen LogP contribution >= 0.6 is 27.5 Å². The molecule has 0 amide bonds. The predicted octanol–water partition coefficient (Wildman–Crippen LogP) is 4.67. The minimum absolute atomic E-state index is 0.0574. The lowest BCUT2D eigenvalue weighted by Gasteiger charge is -2.03. The van der Waals surface area contributed by atoms with Crippen LogP contribution in [-0.4, -0.2) is 5.78 Å². The van der Waals surface area contributed by atoms with E-state index in [1.165, 1.54) is 18.2 Å². The molecule has 2 aromatic rings. The van der Waals surface area contributed by atoms with E-state index in [4.69, 9.17) is 11.6 Å². The van der Waals surface area contributed by atoms with Crippen molar-refractivity contribution in [1.29, 1.82) is 0 Å². The maximum Gasteiger partial charge on any atom is 0.167 e. The Bertz CT molecular complexity index is 581. The summed E-state index contributed by atoms with van der Waals surface area (Å²) in [5, 5.41) is 0.635. The second kappa shape index (κ2) is 5.63. The van der Waals surface area contributed by atoms with Crippen LogP contribution in [-0.2, 0) is 6.42 Å². The summed E-state index contributed by atoms with van der Waals surface area (Å²) in [6.07, 6.45) is 0.273. The molecule has 2 rings (SSSR count). The SMILES string of the molecule is O=C(Cc1ccc(Cl)cc1)c1ccc(F)c(Br)c1. The summed E-state index contributed by atoms with van der Waals surface area (Å²) < 4.78 is 13.4. The summed E-state index contributed by atoms with van der Waals surface area (Å²) in [6.45, 7) is 0. The van der Waals surface area contributed by atoms with Gasteiger partial charge in [0.05, 0.1) is 4.47 Å². The fourth-order valence-corrected chi connectivity index (χ4v) is 2.06. The molecular weight excluding hydrogens is 319 g/mol. The van der Waals surface area contributed by atoms with Crippen LogP contribution in [0.3, 0.4) is 0 Å². The molecule has 0 aromatic heterocycles. The second-order valence-corrected chi connectivity index (χ2v) is 5.15. The van der Waals surface area contributed by atoms with Gasteiger partial charge in [0.2, 0.25) is 0 Å². The first-order chi connectivity index (χ1) is 8.56. The van der Waals surface area contributed by atoms with Crippen LogP contribution in [0.15, 0.2) is 46.9 Å². The Labute approximate surface area is 118 Å². The Balaban J connectivity index is 2.16. The van der Waals surface area contributed by atoms with E-state index in [2.05, 4.69) is 15.9 Å². The summed E-state index contributed by atoms with van der Waals surface area (Å²) in [4.78, 5) is 12.0. The van der Waals surface area contributed by atoms with E-state index < -0.39 is 0 Å². The van der Waals surface area contributed by atoms with E-state index in [1.807, 2.05) is 0 Å². The quantitative estimate of drug-likeness (QED) is 0.749. The fourth-order valence-electron chi connectivity index (χ4n) is 1.56. The monoisotopic (exact) mass is 326 g/mol. The zero-order chi connectivity index (χ0) is 13.1. The molecule has 0 saturated heterocycles. The molecule has 2 aromatic carbocycles. The van der Waals surface area contributed by atoms with E-state index in [-0.39, 0.29) is 18.0 Å². The Morgan fingerprint density at radius 2 is 1.83 bits per heavy atom. The highest BCUT2D eigenvalue weighted by atomic mass is 79.9. The van der Waals surface area contributed by atoms with E-state index in [0.717, 1.165) is 5.56 Å². The molecule has 92 valence electrons. The third-order valence-corrected chi connectivity index (χ3v) is 3.38. The predicted molar refractivity (Wildman–Crippen MR) is 73.6 cm³/mol. The van der Waals surface area contributed by atoms with E-state index in [9.17, 15) is 9.18 Å². The molecule has 0 spiro atoms. The molecule has 0 aliphatic carbocycles. The highest BCUT2D eigenvalue weighted by molar-refractivity contribution is 9.10. The van der Waals surface area contributed by atoms with Crippen molar-refractivity contribution < 1.29 is 9.18 Å². The third kappa shape index (κ3) is 3.18. The fraction of sp³-hybridized carbons (Fsp3) is 0.0714. The normalized spacial score (nSPS) is 10.4. The van der Waals surface area contributed by atoms with Gasteiger partial charge in [0.25, 0.3) is 0 Å². The molecule has 0 N–H and O–H groups in total. The number of Topliss-reactive ketones (excluding diaryl/α,β-unsaturated/α-hetero) is 1. The maximum atomic E-state index is 13.1. The van der Waals surface area contributed by atoms with E-state index in [0.29, 0.717) is 15.1 Å². The number of hydrogen-bond donors (Lipinski definition) is 0. The van der Waals surface area contributed by atoms with Gasteiger partial charge in [-0.1, -0.05) is 23.7 Å². The number of rotatable bonds is 3. The minimum atomic E-state index is -0.377. The maximum absolute atomic E-state index is 13.1. The van der Waals surface area contributed by atoms with Crippen LogP contribution in [0.2, 0.25) is 5.02 Å². The average molecular weight is 328 g/mol. The van der Waals surface area contributed by atoms with Gasteiger partial charge in [0, 0.05) is 17.0 Å². The Kier molecular flexibility index (Phi) is 4.15. The standard InChI is InChI=1S/C14H9BrClFO/c15-12-8-10(3-6-13(12)17)14(18)7-9-1-4-11(16)5-2-9/h1-6,8H,7H2. The summed E-state index contributed by atoms with van der Waals surface area (Å²) in [7, 11) is 0. The molecule has 0 aliphatic rings. The number of carbonyl (C=O) groups excluding carboxylic acids is 1. The Hall–Kier alpha value is -1.19. The molecule has 0 heterocycles. The van der Waals surface area contributed by atoms with Crippen LogP contribution in [0.5, 0.6) is 0 Å². The summed E-state index contributed by atoms with van der Waals surface area (Å²) in [5.74, 6) is -0.434. The summed E-state index contributed by atoms with van der Waals surface area (Å²) in [5.41, 5.74) is 1.36. The first-order valence-corrected chi connectivity index (χ1v) is 6.46. The van der Waals surface area contributed by atoms with Crippen LogP contribution in [0.25, 0.3) is 0 Å². The van der Waals surface area contributed by atoms with Gasteiger partial charge in [-0.05, 0) is 51.8 Å². The smallest absolute Gasteiger partial charge is 0.167 e. The van der Waals surface area contributed by atoms with Gasteiger partial charge in [0.15, 0.2) is 5.78 Å². The minimum Gasteiger partial charge on any atom is -0.294 e. The zero-order valence-corrected chi connectivity index (χ0v) is 11.6. The zero-order valence-electron chi connectivity index (χ0n) is 9.29. The number of benzene rings is 2. The Morgan fingerprint density at radius 3 is 2.44 bits per heavy atom. The second-order valence-electron chi connectivity index (χ2n) is 3.86. The van der Waals surface area contributed by atoms with Crippen molar-refractivity contribution in [3.05, 3.63) is 68.9 Å². The van der Waals surface area contributed by atoms with Crippen LogP contribution in [0.4, 0.5) is 4.39 Å². The molecule has 1 nitrogen and oxygen atoms in total. The first-order valence-electron chi connectivity index (χ1n) is 5.29. The van der Waals surface area contributed by atoms with Crippen molar-refractivity contribution in [3.63, 3.8) is 0 Å². The summed E-state index contributed by atoms with van der Waals surface area (Å²) in [6, 6.07) is 11.3. The topological polar surface area (TPSA) is 17.1 Å². The Morgan fingerprint density at radius 1 is 1.17 bits per heavy atom. The number of ketones is 1. The molecule has 0 saturated carbocycles. The number of carbonyl (C=O) groups is 1. The molecule has 0 aliphatic heterocycles. The largest absolute Gasteiger partial charge is 0.294 e. The average Bonchev–Trinajstić information content (AvgIpc) is 2.35. The highest BCUT2D eigenvalue weighted by Crippen LogP contribution is 2.18. The van der Waals surface area contributed by atoms with Gasteiger partial charge in [-0.15, -0.1) is 0 Å². The van der Waals surface area contributed by atoms with Crippen molar-refractivity contribution in [2.45, 2.75) is 6.42 Å². The number of hydrogen-bond acceptors (Lipinski definition) is 1. The van der Waals surface area contributed by atoms with Crippen LogP contribution in [0, 0.1) is 5.82 Å². The molecule has 0 radical (unpaired) electrons. The highest BCUT2D eigenvalue weighted by Gasteiger charge is 2.09. The van der Waals surface area contributed by atoms with E-state index >= 15 is 0 Å². The molecule has 0 fully saturated rings. The van der Waals surface area contributed by atoms with Gasteiger partial charge in [-0.3, -0.25) is 4.79 Å². The number of halogens is 3.